The summed E-state index contributed by atoms with van der Waals surface area (Å²) in [6.07, 6.45) is 9.81. The van der Waals surface area contributed by atoms with Crippen molar-refractivity contribution in [3.63, 3.8) is 0 Å². The summed E-state index contributed by atoms with van der Waals surface area (Å²) in [5.74, 6) is 1.13. The van der Waals surface area contributed by atoms with Crippen LogP contribution in [0.1, 0.15) is 42.9 Å². The maximum atomic E-state index is 6.89. The molecule has 2 aliphatic rings. The number of aromatic nitrogens is 4. The first-order valence-corrected chi connectivity index (χ1v) is 10.9. The molecule has 1 aromatic carbocycles. The topological polar surface area (TPSA) is 112 Å². The Hall–Kier alpha value is -3.10. The predicted molar refractivity (Wildman–Crippen MR) is 123 cm³/mol. The lowest BCUT2D eigenvalue weighted by atomic mass is 9.78. The zero-order valence-electron chi connectivity index (χ0n) is 18.0. The van der Waals surface area contributed by atoms with Gasteiger partial charge in [0.15, 0.2) is 5.82 Å². The van der Waals surface area contributed by atoms with Gasteiger partial charge in [-0.2, -0.15) is 5.10 Å². The zero-order valence-corrected chi connectivity index (χ0v) is 18.0. The molecule has 1 aliphatic carbocycles. The average molecular weight is 419 g/mol. The average Bonchev–Trinajstić information content (AvgIpc) is 3.34. The lowest BCUT2D eigenvalue weighted by Gasteiger charge is -2.42. The van der Waals surface area contributed by atoms with Crippen LogP contribution in [0.4, 0.5) is 5.69 Å². The summed E-state index contributed by atoms with van der Waals surface area (Å²) in [5.41, 5.74) is 20.8. The molecule has 3 heterocycles. The summed E-state index contributed by atoms with van der Waals surface area (Å²) >= 11 is 0. The van der Waals surface area contributed by atoms with Gasteiger partial charge < -0.3 is 22.2 Å². The van der Waals surface area contributed by atoms with E-state index in [2.05, 4.69) is 64.2 Å². The molecule has 0 saturated heterocycles. The van der Waals surface area contributed by atoms with Gasteiger partial charge in [-0.1, -0.05) is 0 Å². The van der Waals surface area contributed by atoms with Crippen LogP contribution in [0.2, 0.25) is 0 Å². The Kier molecular flexibility index (Phi) is 4.83. The van der Waals surface area contributed by atoms with E-state index in [4.69, 9.17) is 11.5 Å². The number of benzene rings is 1. The van der Waals surface area contributed by atoms with Gasteiger partial charge in [-0.25, -0.2) is 14.3 Å². The van der Waals surface area contributed by atoms with E-state index in [0.717, 1.165) is 60.0 Å². The van der Waals surface area contributed by atoms with Gasteiger partial charge >= 0.3 is 0 Å². The Bertz CT molecular complexity index is 1100. The number of anilines is 1. The van der Waals surface area contributed by atoms with E-state index in [1.807, 2.05) is 22.5 Å². The predicted octanol–water partition coefficient (Wildman–Crippen LogP) is 2.87. The highest BCUT2D eigenvalue weighted by molar-refractivity contribution is 5.76. The van der Waals surface area contributed by atoms with E-state index >= 15 is 0 Å². The number of aryl methyl sites for hydroxylation is 2. The highest BCUT2D eigenvalue weighted by Crippen LogP contribution is 2.35. The fourth-order valence-corrected chi connectivity index (χ4v) is 4.77. The molecule has 31 heavy (non-hydrogen) atoms. The fraction of sp³-hybridized carbons (Fsp3) is 0.391. The Morgan fingerprint density at radius 1 is 1.13 bits per heavy atom. The summed E-state index contributed by atoms with van der Waals surface area (Å²) in [6, 6.07) is 10.6. The third-order valence-electron chi connectivity index (χ3n) is 6.43. The number of nitrogens with one attached hydrogen (secondary N) is 2. The molecule has 1 atom stereocenters. The van der Waals surface area contributed by atoms with E-state index < -0.39 is 5.66 Å². The highest BCUT2D eigenvalue weighted by atomic mass is 15.5. The van der Waals surface area contributed by atoms with E-state index in [-0.39, 0.29) is 6.04 Å². The van der Waals surface area contributed by atoms with Crippen LogP contribution in [-0.4, -0.2) is 31.1 Å². The van der Waals surface area contributed by atoms with Crippen molar-refractivity contribution in [2.75, 3.05) is 10.7 Å². The Balaban J connectivity index is 1.41. The molecule has 6 N–H and O–H groups in total. The molecule has 8 heteroatoms. The molecule has 0 amide bonds. The van der Waals surface area contributed by atoms with Gasteiger partial charge in [0.05, 0.1) is 17.1 Å². The minimum atomic E-state index is -0.653. The van der Waals surface area contributed by atoms with Crippen molar-refractivity contribution in [2.45, 2.75) is 51.2 Å². The molecule has 8 nitrogen and oxygen atoms in total. The second-order valence-electron chi connectivity index (χ2n) is 8.85. The van der Waals surface area contributed by atoms with Crippen LogP contribution in [0.15, 0.2) is 48.8 Å². The highest BCUT2D eigenvalue weighted by Gasteiger charge is 2.39. The van der Waals surface area contributed by atoms with Gasteiger partial charge in [-0.05, 0) is 75.9 Å². The zero-order chi connectivity index (χ0) is 21.6. The maximum Gasteiger partial charge on any atom is 0.174 e. The molecule has 0 bridgehead atoms. The van der Waals surface area contributed by atoms with Crippen molar-refractivity contribution in [1.82, 2.24) is 19.4 Å². The van der Waals surface area contributed by atoms with Gasteiger partial charge in [0, 0.05) is 35.7 Å². The van der Waals surface area contributed by atoms with Crippen LogP contribution in [0.25, 0.3) is 11.4 Å². The molecule has 1 unspecified atom stereocenters. The minimum Gasteiger partial charge on any atom is -0.353 e. The molecule has 2 aromatic heterocycles. The summed E-state index contributed by atoms with van der Waals surface area (Å²) < 4.78 is 3.87. The van der Waals surface area contributed by atoms with E-state index in [1.165, 1.54) is 0 Å². The van der Waals surface area contributed by atoms with Crippen molar-refractivity contribution in [2.24, 2.45) is 17.4 Å². The molecule has 0 radical (unpaired) electrons. The largest absolute Gasteiger partial charge is 0.353 e. The van der Waals surface area contributed by atoms with Crippen LogP contribution in [0.5, 0.6) is 0 Å². The van der Waals surface area contributed by atoms with E-state index in [9.17, 15) is 0 Å². The van der Waals surface area contributed by atoms with Gasteiger partial charge in [-0.15, -0.1) is 0 Å². The molecular formula is C23H30N8. The van der Waals surface area contributed by atoms with Gasteiger partial charge in [-0.3, -0.25) is 0 Å². The monoisotopic (exact) mass is 418 g/mol. The van der Waals surface area contributed by atoms with Crippen molar-refractivity contribution in [1.29, 1.82) is 0 Å². The number of nitrogens with zero attached hydrogens (tertiary/aromatic N) is 4. The van der Waals surface area contributed by atoms with Gasteiger partial charge in [0.2, 0.25) is 0 Å². The number of nitrogens with two attached hydrogens (primary N) is 2. The van der Waals surface area contributed by atoms with Gasteiger partial charge in [0.25, 0.3) is 0 Å². The van der Waals surface area contributed by atoms with E-state index in [1.54, 1.807) is 6.20 Å². The molecule has 0 spiro atoms. The van der Waals surface area contributed by atoms with Crippen molar-refractivity contribution in [3.05, 3.63) is 66.0 Å². The number of rotatable bonds is 4. The lowest BCUT2D eigenvalue weighted by Crippen LogP contribution is -2.58. The molecule has 1 saturated carbocycles. The quantitative estimate of drug-likeness (QED) is 0.518. The first kappa shape index (κ1) is 19.8. The summed E-state index contributed by atoms with van der Waals surface area (Å²) in [7, 11) is 0. The lowest BCUT2D eigenvalue weighted by molar-refractivity contribution is 0.239. The normalized spacial score (nSPS) is 25.5. The molecule has 162 valence electrons. The Labute approximate surface area is 182 Å². The van der Waals surface area contributed by atoms with Crippen LogP contribution >= 0.6 is 0 Å². The first-order chi connectivity index (χ1) is 14.9. The van der Waals surface area contributed by atoms with Crippen LogP contribution in [0, 0.1) is 19.8 Å². The minimum absolute atomic E-state index is 0.287. The van der Waals surface area contributed by atoms with Crippen molar-refractivity contribution in [3.8, 4) is 5.69 Å². The summed E-state index contributed by atoms with van der Waals surface area (Å²) in [6.45, 7) is 4.06. The van der Waals surface area contributed by atoms with Crippen LogP contribution in [0.3, 0.4) is 0 Å². The molecule has 3 aromatic rings. The maximum absolute atomic E-state index is 6.89. The smallest absolute Gasteiger partial charge is 0.174 e. The van der Waals surface area contributed by atoms with Gasteiger partial charge in [0.1, 0.15) is 5.66 Å². The van der Waals surface area contributed by atoms with Crippen LogP contribution in [-0.2, 0) is 0 Å². The second kappa shape index (κ2) is 7.55. The number of imidazole rings is 1. The number of hydrogen-bond acceptors (Lipinski definition) is 6. The Morgan fingerprint density at radius 3 is 2.55 bits per heavy atom. The third-order valence-corrected chi connectivity index (χ3v) is 6.43. The number of fused-ring (bicyclic) bond motifs is 1. The summed E-state index contributed by atoms with van der Waals surface area (Å²) in [4.78, 5) is 4.52. The van der Waals surface area contributed by atoms with Crippen molar-refractivity contribution < 1.29 is 0 Å². The molecular weight excluding hydrogens is 388 g/mol. The van der Waals surface area contributed by atoms with E-state index in [0.29, 0.717) is 5.92 Å². The Morgan fingerprint density at radius 2 is 1.87 bits per heavy atom. The molecule has 1 fully saturated rings. The first-order valence-electron chi connectivity index (χ1n) is 10.9. The third kappa shape index (κ3) is 3.73. The number of hydrogen-bond donors (Lipinski definition) is 4. The SMILES string of the molecule is Cc1cc(C)n(-c2ccc(NC3=CC(N)(C4CCC(N)CC4)Nn4ccnc43)cc2)n1. The summed E-state index contributed by atoms with van der Waals surface area (Å²) in [5, 5.41) is 8.09. The second-order valence-corrected chi connectivity index (χ2v) is 8.85. The fourth-order valence-electron chi connectivity index (χ4n) is 4.77. The standard InChI is InChI=1S/C23H30N8/c1-15-13-16(2)31(28-15)20-9-7-19(8-10-20)27-21-14-23(25,17-3-5-18(24)6-4-17)29-30-12-11-26-22(21)30/h7-14,17-18,27,29H,3-6,24-25H2,1-2H3. The van der Waals surface area contributed by atoms with Crippen LogP contribution < -0.4 is 22.2 Å². The molecule has 1 aliphatic heterocycles. The van der Waals surface area contributed by atoms with Crippen molar-refractivity contribution >= 4 is 11.4 Å². The molecule has 5 rings (SSSR count).